The van der Waals surface area contributed by atoms with Gasteiger partial charge in [0.1, 0.15) is 0 Å². The average molecular weight is 271 g/mol. The molecular formula is C13H19ClN2O2. The smallest absolute Gasteiger partial charge is 0.253 e. The van der Waals surface area contributed by atoms with Gasteiger partial charge in [-0.15, -0.1) is 12.4 Å². The highest BCUT2D eigenvalue weighted by molar-refractivity contribution is 5.85. The Balaban J connectivity index is 0.00000162. The van der Waals surface area contributed by atoms with Crippen LogP contribution in [0.25, 0.3) is 0 Å². The van der Waals surface area contributed by atoms with Crippen LogP contribution < -0.4 is 10.6 Å². The normalized spacial score (nSPS) is 20.6. The minimum atomic E-state index is -1.07. The van der Waals surface area contributed by atoms with Crippen LogP contribution >= 0.6 is 12.4 Å². The Labute approximate surface area is 113 Å². The number of aliphatic hydroxyl groups is 1. The summed E-state index contributed by atoms with van der Waals surface area (Å²) in [6.07, 6.45) is 0.963. The Hall–Kier alpha value is -1.10. The van der Waals surface area contributed by atoms with Crippen molar-refractivity contribution in [2.45, 2.75) is 25.0 Å². The van der Waals surface area contributed by atoms with Crippen molar-refractivity contribution in [1.82, 2.24) is 10.6 Å². The maximum absolute atomic E-state index is 11.8. The summed E-state index contributed by atoms with van der Waals surface area (Å²) < 4.78 is 0. The summed E-state index contributed by atoms with van der Waals surface area (Å²) in [5.74, 6) is -0.315. The summed E-state index contributed by atoms with van der Waals surface area (Å²) in [5, 5.41) is 16.0. The molecule has 1 amide bonds. The van der Waals surface area contributed by atoms with E-state index in [1.807, 2.05) is 18.2 Å². The number of carbonyl (C=O) groups excluding carboxylic acids is 1. The van der Waals surface area contributed by atoms with Crippen molar-refractivity contribution in [3.8, 4) is 0 Å². The molecular weight excluding hydrogens is 252 g/mol. The predicted molar refractivity (Wildman–Crippen MR) is 72.7 cm³/mol. The van der Waals surface area contributed by atoms with Gasteiger partial charge in [0.15, 0.2) is 6.10 Å². The lowest BCUT2D eigenvalue weighted by Gasteiger charge is -2.25. The van der Waals surface area contributed by atoms with Gasteiger partial charge in [-0.05, 0) is 24.9 Å². The molecule has 2 atom stereocenters. The predicted octanol–water partition coefficient (Wildman–Crippen LogP) is 1.01. The fourth-order valence-electron chi connectivity index (χ4n) is 2.04. The van der Waals surface area contributed by atoms with Gasteiger partial charge in [0.25, 0.3) is 5.91 Å². The summed E-state index contributed by atoms with van der Waals surface area (Å²) in [6, 6.07) is 9.13. The zero-order valence-electron chi connectivity index (χ0n) is 10.1. The van der Waals surface area contributed by atoms with E-state index >= 15 is 0 Å². The first-order valence-corrected chi connectivity index (χ1v) is 6.01. The first kappa shape index (κ1) is 15.0. The van der Waals surface area contributed by atoms with Crippen molar-refractivity contribution < 1.29 is 9.90 Å². The molecule has 0 spiro atoms. The van der Waals surface area contributed by atoms with E-state index in [2.05, 4.69) is 10.6 Å². The Kier molecular flexibility index (Phi) is 6.12. The van der Waals surface area contributed by atoms with Gasteiger partial charge in [0.05, 0.1) is 0 Å². The van der Waals surface area contributed by atoms with Crippen LogP contribution in [0.4, 0.5) is 0 Å². The Morgan fingerprint density at radius 1 is 1.39 bits per heavy atom. The molecule has 2 rings (SSSR count). The topological polar surface area (TPSA) is 61.4 Å². The Morgan fingerprint density at radius 3 is 2.72 bits per heavy atom. The van der Waals surface area contributed by atoms with Crippen LogP contribution in [-0.2, 0) is 4.79 Å². The van der Waals surface area contributed by atoms with Gasteiger partial charge in [-0.2, -0.15) is 0 Å². The molecule has 1 aromatic carbocycles. The first-order chi connectivity index (χ1) is 8.27. The number of halogens is 1. The number of benzene rings is 1. The lowest BCUT2D eigenvalue weighted by atomic mass is 10.1. The van der Waals surface area contributed by atoms with Crippen molar-refractivity contribution in [3.05, 3.63) is 35.9 Å². The van der Waals surface area contributed by atoms with Crippen molar-refractivity contribution in [3.63, 3.8) is 0 Å². The van der Waals surface area contributed by atoms with Gasteiger partial charge in [0.2, 0.25) is 0 Å². The molecule has 0 aromatic heterocycles. The second kappa shape index (κ2) is 7.36. The van der Waals surface area contributed by atoms with Crippen LogP contribution in [0.3, 0.4) is 0 Å². The van der Waals surface area contributed by atoms with Crippen LogP contribution in [0.1, 0.15) is 24.5 Å². The number of piperidine rings is 1. The van der Waals surface area contributed by atoms with Crippen LogP contribution in [0, 0.1) is 0 Å². The third-order valence-corrected chi connectivity index (χ3v) is 3.01. The molecule has 1 heterocycles. The zero-order chi connectivity index (χ0) is 12.1. The molecule has 1 fully saturated rings. The summed E-state index contributed by atoms with van der Waals surface area (Å²) in [7, 11) is 0. The molecule has 0 saturated carbocycles. The van der Waals surface area contributed by atoms with Crippen molar-refractivity contribution in [1.29, 1.82) is 0 Å². The van der Waals surface area contributed by atoms with Crippen molar-refractivity contribution in [2.75, 3.05) is 13.1 Å². The minimum absolute atomic E-state index is 0. The van der Waals surface area contributed by atoms with E-state index in [9.17, 15) is 9.90 Å². The largest absolute Gasteiger partial charge is 0.378 e. The fraction of sp³-hybridized carbons (Fsp3) is 0.462. The van der Waals surface area contributed by atoms with E-state index in [0.717, 1.165) is 25.9 Å². The van der Waals surface area contributed by atoms with E-state index < -0.39 is 6.10 Å². The molecule has 1 aliphatic heterocycles. The standard InChI is InChI=1S/C13H18N2O2.ClH/c16-12(10-5-2-1-3-6-10)13(17)15-11-7-4-8-14-9-11;/h1-3,5-6,11-12,14,16H,4,7-9H2,(H,15,17);1H/t11-,12?;/m0./s1. The Morgan fingerprint density at radius 2 is 2.11 bits per heavy atom. The summed E-state index contributed by atoms with van der Waals surface area (Å²) >= 11 is 0. The number of hydrogen-bond acceptors (Lipinski definition) is 3. The average Bonchev–Trinajstić information content (AvgIpc) is 2.40. The van der Waals surface area contributed by atoms with Crippen LogP contribution in [0.2, 0.25) is 0 Å². The highest BCUT2D eigenvalue weighted by Crippen LogP contribution is 2.13. The maximum atomic E-state index is 11.8. The SMILES string of the molecule is Cl.O=C(N[C@H]1CCCNC1)C(O)c1ccccc1. The molecule has 1 saturated heterocycles. The van der Waals surface area contributed by atoms with E-state index in [0.29, 0.717) is 5.56 Å². The monoisotopic (exact) mass is 270 g/mol. The number of carbonyl (C=O) groups is 1. The summed E-state index contributed by atoms with van der Waals surface area (Å²) in [4.78, 5) is 11.8. The van der Waals surface area contributed by atoms with E-state index in [1.54, 1.807) is 12.1 Å². The molecule has 100 valence electrons. The number of amides is 1. The van der Waals surface area contributed by atoms with Crippen molar-refractivity contribution >= 4 is 18.3 Å². The van der Waals surface area contributed by atoms with E-state index in [1.165, 1.54) is 0 Å². The molecule has 4 nitrogen and oxygen atoms in total. The van der Waals surface area contributed by atoms with Gasteiger partial charge in [-0.3, -0.25) is 4.79 Å². The zero-order valence-corrected chi connectivity index (χ0v) is 11.0. The van der Waals surface area contributed by atoms with E-state index in [-0.39, 0.29) is 24.4 Å². The van der Waals surface area contributed by atoms with Crippen LogP contribution in [0.5, 0.6) is 0 Å². The summed E-state index contributed by atoms with van der Waals surface area (Å²) in [5.41, 5.74) is 0.633. The second-order valence-corrected chi connectivity index (χ2v) is 4.37. The number of rotatable bonds is 3. The second-order valence-electron chi connectivity index (χ2n) is 4.37. The molecule has 1 aliphatic rings. The molecule has 18 heavy (non-hydrogen) atoms. The highest BCUT2D eigenvalue weighted by atomic mass is 35.5. The lowest BCUT2D eigenvalue weighted by Crippen LogP contribution is -2.47. The van der Waals surface area contributed by atoms with Gasteiger partial charge >= 0.3 is 0 Å². The van der Waals surface area contributed by atoms with Gasteiger partial charge in [0, 0.05) is 12.6 Å². The lowest BCUT2D eigenvalue weighted by molar-refractivity contribution is -0.130. The molecule has 5 heteroatoms. The first-order valence-electron chi connectivity index (χ1n) is 6.01. The van der Waals surface area contributed by atoms with Crippen LogP contribution in [-0.4, -0.2) is 30.1 Å². The fourth-order valence-corrected chi connectivity index (χ4v) is 2.04. The van der Waals surface area contributed by atoms with E-state index in [4.69, 9.17) is 0 Å². The molecule has 1 unspecified atom stereocenters. The Bertz CT molecular complexity index is 367. The van der Waals surface area contributed by atoms with Crippen molar-refractivity contribution in [2.24, 2.45) is 0 Å². The molecule has 3 N–H and O–H groups in total. The van der Waals surface area contributed by atoms with Gasteiger partial charge in [-0.25, -0.2) is 0 Å². The number of aliphatic hydroxyl groups excluding tert-OH is 1. The summed E-state index contributed by atoms with van der Waals surface area (Å²) in [6.45, 7) is 1.79. The molecule has 1 aromatic rings. The van der Waals surface area contributed by atoms with Gasteiger partial charge in [-0.1, -0.05) is 30.3 Å². The molecule has 0 radical (unpaired) electrons. The maximum Gasteiger partial charge on any atom is 0.253 e. The number of hydrogen-bond donors (Lipinski definition) is 3. The third kappa shape index (κ3) is 3.98. The highest BCUT2D eigenvalue weighted by Gasteiger charge is 2.21. The minimum Gasteiger partial charge on any atom is -0.378 e. The quantitative estimate of drug-likeness (QED) is 0.768. The van der Waals surface area contributed by atoms with Crippen LogP contribution in [0.15, 0.2) is 30.3 Å². The van der Waals surface area contributed by atoms with Gasteiger partial charge < -0.3 is 15.7 Å². The molecule has 0 bridgehead atoms. The molecule has 0 aliphatic carbocycles. The number of nitrogens with one attached hydrogen (secondary N) is 2. The third-order valence-electron chi connectivity index (χ3n) is 3.01.